The molecule has 3 nitrogen and oxygen atoms in total. The summed E-state index contributed by atoms with van der Waals surface area (Å²) < 4.78 is 11.7. The van der Waals surface area contributed by atoms with Gasteiger partial charge in [0.1, 0.15) is 0 Å². The van der Waals surface area contributed by atoms with E-state index in [4.69, 9.17) is 5.73 Å². The van der Waals surface area contributed by atoms with Crippen LogP contribution < -0.4 is 5.73 Å². The molecule has 2 atom stereocenters. The van der Waals surface area contributed by atoms with Crippen LogP contribution in [0.4, 0.5) is 0 Å². The van der Waals surface area contributed by atoms with Crippen LogP contribution in [-0.2, 0) is 16.6 Å². The average molecular weight is 226 g/mol. The largest absolute Gasteiger partial charge is 0.328 e. The highest BCUT2D eigenvalue weighted by atomic mass is 32.2. The van der Waals surface area contributed by atoms with Crippen molar-refractivity contribution in [2.45, 2.75) is 32.1 Å². The van der Waals surface area contributed by atoms with E-state index < -0.39 is 10.8 Å². The lowest BCUT2D eigenvalue weighted by molar-refractivity contribution is 0.666. The molecule has 1 aromatic heterocycles. The summed E-state index contributed by atoms with van der Waals surface area (Å²) in [6, 6.07) is 4.01. The predicted octanol–water partition coefficient (Wildman–Crippen LogP) is 1.38. The summed E-state index contributed by atoms with van der Waals surface area (Å²) in [4.78, 5) is 4.22. The summed E-state index contributed by atoms with van der Waals surface area (Å²) >= 11 is 0. The molecule has 1 aromatic rings. The monoisotopic (exact) mass is 226 g/mol. The van der Waals surface area contributed by atoms with Gasteiger partial charge in [0.05, 0.1) is 11.4 Å². The first-order valence-corrected chi connectivity index (χ1v) is 6.59. The molecule has 0 aliphatic carbocycles. The van der Waals surface area contributed by atoms with Crippen LogP contribution >= 0.6 is 0 Å². The Morgan fingerprint density at radius 2 is 2.33 bits per heavy atom. The van der Waals surface area contributed by atoms with Crippen molar-refractivity contribution in [2.75, 3.05) is 5.75 Å². The maximum Gasteiger partial charge on any atom is 0.0661 e. The van der Waals surface area contributed by atoms with Gasteiger partial charge in [-0.15, -0.1) is 0 Å². The minimum atomic E-state index is -0.844. The van der Waals surface area contributed by atoms with Crippen molar-refractivity contribution in [3.05, 3.63) is 29.6 Å². The number of rotatable bonds is 5. The number of hydrogen-bond donors (Lipinski definition) is 1. The van der Waals surface area contributed by atoms with E-state index in [9.17, 15) is 4.21 Å². The van der Waals surface area contributed by atoms with Crippen LogP contribution in [0, 0.1) is 6.92 Å². The number of nitrogens with zero attached hydrogens (tertiary/aromatic N) is 1. The van der Waals surface area contributed by atoms with E-state index in [1.165, 1.54) is 0 Å². The van der Waals surface area contributed by atoms with Crippen molar-refractivity contribution in [3.8, 4) is 0 Å². The minimum Gasteiger partial charge on any atom is -0.328 e. The van der Waals surface area contributed by atoms with Crippen LogP contribution in [0.3, 0.4) is 0 Å². The maximum atomic E-state index is 11.7. The zero-order valence-corrected chi connectivity index (χ0v) is 10.1. The van der Waals surface area contributed by atoms with Crippen molar-refractivity contribution in [1.82, 2.24) is 4.98 Å². The molecule has 2 N–H and O–H groups in total. The van der Waals surface area contributed by atoms with Crippen LogP contribution in [-0.4, -0.2) is 21.0 Å². The second-order valence-corrected chi connectivity index (χ2v) is 5.40. The van der Waals surface area contributed by atoms with Crippen LogP contribution in [0.15, 0.2) is 18.3 Å². The van der Waals surface area contributed by atoms with Crippen LogP contribution in [0.5, 0.6) is 0 Å². The lowest BCUT2D eigenvalue weighted by Gasteiger charge is -2.06. The number of pyridine rings is 1. The Morgan fingerprint density at radius 1 is 1.60 bits per heavy atom. The number of aromatic nitrogens is 1. The van der Waals surface area contributed by atoms with Gasteiger partial charge in [-0.3, -0.25) is 9.19 Å². The topological polar surface area (TPSA) is 56.0 Å². The zero-order chi connectivity index (χ0) is 11.3. The molecule has 1 heterocycles. The molecule has 4 heteroatoms. The summed E-state index contributed by atoms with van der Waals surface area (Å²) in [5.41, 5.74) is 7.65. The van der Waals surface area contributed by atoms with E-state index in [1.54, 1.807) is 6.20 Å². The van der Waals surface area contributed by atoms with Crippen molar-refractivity contribution >= 4 is 10.8 Å². The molecule has 15 heavy (non-hydrogen) atoms. The molecule has 0 saturated heterocycles. The number of hydrogen-bond acceptors (Lipinski definition) is 3. The summed E-state index contributed by atoms with van der Waals surface area (Å²) in [5.74, 6) is 1.20. The zero-order valence-electron chi connectivity index (χ0n) is 9.27. The Bertz CT molecular complexity index is 339. The van der Waals surface area contributed by atoms with Crippen molar-refractivity contribution in [2.24, 2.45) is 5.73 Å². The SMILES string of the molecule is Cc1cccnc1CS(=O)CCC(C)N. The Morgan fingerprint density at radius 3 is 2.93 bits per heavy atom. The fraction of sp³-hybridized carbons (Fsp3) is 0.545. The lowest BCUT2D eigenvalue weighted by atomic mass is 10.2. The van der Waals surface area contributed by atoms with Gasteiger partial charge >= 0.3 is 0 Å². The van der Waals surface area contributed by atoms with E-state index >= 15 is 0 Å². The molecular formula is C11H18N2OS. The number of aryl methyl sites for hydroxylation is 1. The highest BCUT2D eigenvalue weighted by molar-refractivity contribution is 7.84. The molecule has 0 aromatic carbocycles. The van der Waals surface area contributed by atoms with Gasteiger partial charge in [-0.05, 0) is 31.9 Å². The molecular weight excluding hydrogens is 208 g/mol. The quantitative estimate of drug-likeness (QED) is 0.825. The van der Waals surface area contributed by atoms with E-state index in [1.807, 2.05) is 26.0 Å². The van der Waals surface area contributed by atoms with Crippen molar-refractivity contribution in [1.29, 1.82) is 0 Å². The Hall–Kier alpha value is -0.740. The fourth-order valence-electron chi connectivity index (χ4n) is 1.21. The normalized spacial score (nSPS) is 14.9. The fourth-order valence-corrected chi connectivity index (χ4v) is 2.60. The van der Waals surface area contributed by atoms with Crippen LogP contribution in [0.25, 0.3) is 0 Å². The van der Waals surface area contributed by atoms with Gasteiger partial charge in [0.2, 0.25) is 0 Å². The Kier molecular flexibility index (Phi) is 4.91. The van der Waals surface area contributed by atoms with E-state index in [-0.39, 0.29) is 6.04 Å². The van der Waals surface area contributed by atoms with Crippen molar-refractivity contribution in [3.63, 3.8) is 0 Å². The van der Waals surface area contributed by atoms with Crippen LogP contribution in [0.1, 0.15) is 24.6 Å². The standard InChI is InChI=1S/C11H18N2OS/c1-9-4-3-6-13-11(9)8-15(14)7-5-10(2)12/h3-4,6,10H,5,7-8,12H2,1-2H3. The molecule has 84 valence electrons. The summed E-state index contributed by atoms with van der Waals surface area (Å²) in [6.07, 6.45) is 2.55. The molecule has 0 bridgehead atoms. The maximum absolute atomic E-state index is 11.7. The molecule has 0 radical (unpaired) electrons. The number of nitrogens with two attached hydrogens (primary N) is 1. The molecule has 0 fully saturated rings. The Labute approximate surface area is 93.6 Å². The lowest BCUT2D eigenvalue weighted by Crippen LogP contribution is -2.18. The Balaban J connectivity index is 2.48. The third-order valence-electron chi connectivity index (χ3n) is 2.22. The highest BCUT2D eigenvalue weighted by Crippen LogP contribution is 2.07. The molecule has 0 aliphatic rings. The average Bonchev–Trinajstić information content (AvgIpc) is 2.18. The van der Waals surface area contributed by atoms with E-state index in [0.717, 1.165) is 17.7 Å². The van der Waals surface area contributed by atoms with Crippen molar-refractivity contribution < 1.29 is 4.21 Å². The second-order valence-electron chi connectivity index (χ2n) is 3.82. The third kappa shape index (κ3) is 4.53. The molecule has 0 spiro atoms. The van der Waals surface area contributed by atoms with E-state index in [0.29, 0.717) is 11.5 Å². The predicted molar refractivity (Wildman–Crippen MR) is 64.0 cm³/mol. The van der Waals surface area contributed by atoms with Gasteiger partial charge in [0.25, 0.3) is 0 Å². The first-order valence-electron chi connectivity index (χ1n) is 5.10. The molecule has 1 rings (SSSR count). The van der Waals surface area contributed by atoms with Gasteiger partial charge in [-0.25, -0.2) is 0 Å². The van der Waals surface area contributed by atoms with Gasteiger partial charge in [0.15, 0.2) is 0 Å². The van der Waals surface area contributed by atoms with Gasteiger partial charge in [-0.1, -0.05) is 6.07 Å². The van der Waals surface area contributed by atoms with Gasteiger partial charge in [-0.2, -0.15) is 0 Å². The second kappa shape index (κ2) is 5.98. The first kappa shape index (κ1) is 12.3. The summed E-state index contributed by atoms with van der Waals surface area (Å²) in [7, 11) is -0.844. The minimum absolute atomic E-state index is 0.124. The summed E-state index contributed by atoms with van der Waals surface area (Å²) in [6.45, 7) is 3.92. The molecule has 2 unspecified atom stereocenters. The molecule has 0 saturated carbocycles. The molecule has 0 amide bonds. The van der Waals surface area contributed by atoms with Crippen LogP contribution in [0.2, 0.25) is 0 Å². The smallest absolute Gasteiger partial charge is 0.0661 e. The third-order valence-corrected chi connectivity index (χ3v) is 3.50. The van der Waals surface area contributed by atoms with Gasteiger partial charge in [0, 0.05) is 28.8 Å². The van der Waals surface area contributed by atoms with E-state index in [2.05, 4.69) is 4.98 Å². The first-order chi connectivity index (χ1) is 7.09. The van der Waals surface area contributed by atoms with Gasteiger partial charge < -0.3 is 5.73 Å². The summed E-state index contributed by atoms with van der Waals surface area (Å²) in [5, 5.41) is 0. The highest BCUT2D eigenvalue weighted by Gasteiger charge is 2.06. The molecule has 0 aliphatic heterocycles.